The number of hydrogen-bond acceptors (Lipinski definition) is 7. The van der Waals surface area contributed by atoms with Gasteiger partial charge in [-0.2, -0.15) is 0 Å². The second-order valence-corrected chi connectivity index (χ2v) is 5.32. The van der Waals surface area contributed by atoms with Gasteiger partial charge in [-0.25, -0.2) is 4.98 Å². The molecule has 3 N–H and O–H groups in total. The van der Waals surface area contributed by atoms with Gasteiger partial charge in [-0.3, -0.25) is 14.5 Å². The molecule has 2 rings (SSSR count). The molecule has 0 radical (unpaired) electrons. The zero-order valence-corrected chi connectivity index (χ0v) is 13.5. The van der Waals surface area contributed by atoms with E-state index in [2.05, 4.69) is 15.6 Å². The molecule has 24 heavy (non-hydrogen) atoms. The van der Waals surface area contributed by atoms with Crippen LogP contribution in [0.4, 0.5) is 5.69 Å². The number of aliphatic hydroxyl groups excluding tert-OH is 1. The molecular formula is C15H22N4O5. The molecule has 1 aliphatic rings. The van der Waals surface area contributed by atoms with Gasteiger partial charge >= 0.3 is 11.8 Å². The van der Waals surface area contributed by atoms with E-state index in [9.17, 15) is 14.7 Å². The Morgan fingerprint density at radius 1 is 1.38 bits per heavy atom. The van der Waals surface area contributed by atoms with Gasteiger partial charge in [0.05, 0.1) is 38.3 Å². The van der Waals surface area contributed by atoms with E-state index in [-0.39, 0.29) is 6.54 Å². The summed E-state index contributed by atoms with van der Waals surface area (Å²) in [7, 11) is 1.48. The molecule has 2 amide bonds. The van der Waals surface area contributed by atoms with Crippen molar-refractivity contribution in [3.63, 3.8) is 0 Å². The molecule has 1 atom stereocenters. The second kappa shape index (κ2) is 9.16. The van der Waals surface area contributed by atoms with Gasteiger partial charge in [0.1, 0.15) is 0 Å². The lowest BCUT2D eigenvalue weighted by molar-refractivity contribution is -0.136. The number of aliphatic hydroxyl groups is 1. The molecule has 0 spiro atoms. The highest BCUT2D eigenvalue weighted by atomic mass is 16.5. The minimum absolute atomic E-state index is 0.00444. The number of amides is 2. The molecule has 2 heterocycles. The summed E-state index contributed by atoms with van der Waals surface area (Å²) < 4.78 is 10.1. The normalized spacial score (nSPS) is 16.2. The number of nitrogens with one attached hydrogen (secondary N) is 2. The van der Waals surface area contributed by atoms with Gasteiger partial charge in [0.25, 0.3) is 0 Å². The van der Waals surface area contributed by atoms with E-state index < -0.39 is 17.9 Å². The van der Waals surface area contributed by atoms with E-state index in [4.69, 9.17) is 9.47 Å². The number of aromatic nitrogens is 1. The number of anilines is 1. The van der Waals surface area contributed by atoms with Crippen LogP contribution in [0.25, 0.3) is 0 Å². The number of pyridine rings is 1. The zero-order valence-electron chi connectivity index (χ0n) is 13.5. The predicted molar refractivity (Wildman–Crippen MR) is 85.7 cm³/mol. The summed E-state index contributed by atoms with van der Waals surface area (Å²) in [6.45, 7) is 3.19. The van der Waals surface area contributed by atoms with Crippen molar-refractivity contribution in [2.45, 2.75) is 6.10 Å². The van der Waals surface area contributed by atoms with Crippen LogP contribution in [0.3, 0.4) is 0 Å². The first-order valence-corrected chi connectivity index (χ1v) is 7.66. The van der Waals surface area contributed by atoms with Gasteiger partial charge in [0.2, 0.25) is 5.88 Å². The standard InChI is InChI=1S/C15H22N4O5/c1-23-13-3-2-11(8-16-13)18-15(22)14(21)17-9-12(20)10-19-4-6-24-7-5-19/h2-3,8,12,20H,4-7,9-10H2,1H3,(H,17,21)(H,18,22)/t12-/m0/s1. The van der Waals surface area contributed by atoms with Crippen molar-refractivity contribution < 1.29 is 24.2 Å². The third-order valence-corrected chi connectivity index (χ3v) is 3.48. The average Bonchev–Trinajstić information content (AvgIpc) is 2.61. The molecule has 1 saturated heterocycles. The van der Waals surface area contributed by atoms with Crippen LogP contribution in [0.2, 0.25) is 0 Å². The van der Waals surface area contributed by atoms with Crippen LogP contribution in [-0.4, -0.2) is 79.4 Å². The quantitative estimate of drug-likeness (QED) is 0.561. The molecule has 0 saturated carbocycles. The molecule has 1 aliphatic heterocycles. The predicted octanol–water partition coefficient (Wildman–Crippen LogP) is -1.16. The molecule has 1 fully saturated rings. The fourth-order valence-electron chi connectivity index (χ4n) is 2.20. The highest BCUT2D eigenvalue weighted by molar-refractivity contribution is 6.39. The van der Waals surface area contributed by atoms with Crippen molar-refractivity contribution in [2.24, 2.45) is 0 Å². The van der Waals surface area contributed by atoms with Crippen LogP contribution < -0.4 is 15.4 Å². The molecule has 1 aromatic rings. The molecular weight excluding hydrogens is 316 g/mol. The lowest BCUT2D eigenvalue weighted by atomic mass is 10.3. The maximum Gasteiger partial charge on any atom is 0.313 e. The molecule has 0 bridgehead atoms. The smallest absolute Gasteiger partial charge is 0.313 e. The van der Waals surface area contributed by atoms with Crippen molar-refractivity contribution in [2.75, 3.05) is 51.8 Å². The number of methoxy groups -OCH3 is 1. The van der Waals surface area contributed by atoms with Gasteiger partial charge in [-0.05, 0) is 6.07 Å². The average molecular weight is 338 g/mol. The number of β-amino-alcohol motifs (C(OH)–C–C–N with tert-alkyl or cyclic N) is 1. The van der Waals surface area contributed by atoms with Crippen LogP contribution in [0.15, 0.2) is 18.3 Å². The van der Waals surface area contributed by atoms with Crippen LogP contribution in [0, 0.1) is 0 Å². The zero-order chi connectivity index (χ0) is 17.4. The summed E-state index contributed by atoms with van der Waals surface area (Å²) in [5.41, 5.74) is 0.379. The Morgan fingerprint density at radius 3 is 2.75 bits per heavy atom. The Hall–Kier alpha value is -2.23. The summed E-state index contributed by atoms with van der Waals surface area (Å²) >= 11 is 0. The topological polar surface area (TPSA) is 113 Å². The summed E-state index contributed by atoms with van der Waals surface area (Å²) in [5, 5.41) is 14.8. The van der Waals surface area contributed by atoms with E-state index in [0.29, 0.717) is 31.3 Å². The van der Waals surface area contributed by atoms with Gasteiger partial charge in [0.15, 0.2) is 0 Å². The summed E-state index contributed by atoms with van der Waals surface area (Å²) in [4.78, 5) is 29.5. The SMILES string of the molecule is COc1ccc(NC(=O)C(=O)NC[C@H](O)CN2CCOCC2)cn1. The number of morpholine rings is 1. The summed E-state index contributed by atoms with van der Waals surface area (Å²) in [6, 6.07) is 3.14. The molecule has 9 nitrogen and oxygen atoms in total. The number of carbonyl (C=O) groups is 2. The Balaban J connectivity index is 1.71. The van der Waals surface area contributed by atoms with Crippen molar-refractivity contribution in [1.82, 2.24) is 15.2 Å². The van der Waals surface area contributed by atoms with Gasteiger partial charge in [-0.1, -0.05) is 0 Å². The fourth-order valence-corrected chi connectivity index (χ4v) is 2.20. The Kier molecular flexibility index (Phi) is 6.91. The van der Waals surface area contributed by atoms with E-state index >= 15 is 0 Å². The highest BCUT2D eigenvalue weighted by Crippen LogP contribution is 2.10. The van der Waals surface area contributed by atoms with Crippen molar-refractivity contribution in [3.8, 4) is 5.88 Å². The number of hydrogen-bond donors (Lipinski definition) is 3. The van der Waals surface area contributed by atoms with Crippen LogP contribution in [0.1, 0.15) is 0 Å². The molecule has 0 unspecified atom stereocenters. The number of ether oxygens (including phenoxy) is 2. The molecule has 0 aromatic carbocycles. The maximum absolute atomic E-state index is 11.8. The van der Waals surface area contributed by atoms with E-state index in [1.165, 1.54) is 13.3 Å². The van der Waals surface area contributed by atoms with Crippen LogP contribution in [-0.2, 0) is 14.3 Å². The van der Waals surface area contributed by atoms with Crippen molar-refractivity contribution in [1.29, 1.82) is 0 Å². The first-order chi connectivity index (χ1) is 11.6. The summed E-state index contributed by atoms with van der Waals surface area (Å²) in [6.07, 6.45) is 0.639. The summed E-state index contributed by atoms with van der Waals surface area (Å²) in [5.74, 6) is -1.23. The van der Waals surface area contributed by atoms with E-state index in [1.54, 1.807) is 12.1 Å². The Bertz CT molecular complexity index is 545. The Morgan fingerprint density at radius 2 is 2.12 bits per heavy atom. The van der Waals surface area contributed by atoms with Gasteiger partial charge in [0, 0.05) is 32.2 Å². The lowest BCUT2D eigenvalue weighted by Crippen LogP contribution is -2.46. The first-order valence-electron chi connectivity index (χ1n) is 7.66. The molecule has 0 aliphatic carbocycles. The number of nitrogens with zero attached hydrogens (tertiary/aromatic N) is 2. The van der Waals surface area contributed by atoms with Crippen LogP contribution in [0.5, 0.6) is 5.88 Å². The fraction of sp³-hybridized carbons (Fsp3) is 0.533. The minimum atomic E-state index is -0.819. The third-order valence-electron chi connectivity index (χ3n) is 3.48. The second-order valence-electron chi connectivity index (χ2n) is 5.32. The van der Waals surface area contributed by atoms with E-state index in [0.717, 1.165) is 13.1 Å². The maximum atomic E-state index is 11.8. The van der Waals surface area contributed by atoms with Gasteiger partial charge < -0.3 is 25.2 Å². The molecule has 1 aromatic heterocycles. The highest BCUT2D eigenvalue weighted by Gasteiger charge is 2.18. The molecule has 9 heteroatoms. The molecule has 132 valence electrons. The first kappa shape index (κ1) is 18.1. The monoisotopic (exact) mass is 338 g/mol. The van der Waals surface area contributed by atoms with Gasteiger partial charge in [-0.15, -0.1) is 0 Å². The van der Waals surface area contributed by atoms with Crippen molar-refractivity contribution >= 4 is 17.5 Å². The minimum Gasteiger partial charge on any atom is -0.481 e. The van der Waals surface area contributed by atoms with E-state index in [1.807, 2.05) is 4.90 Å². The Labute approximate surface area is 139 Å². The lowest BCUT2D eigenvalue weighted by Gasteiger charge is -2.28. The van der Waals surface area contributed by atoms with Crippen LogP contribution >= 0.6 is 0 Å². The van der Waals surface area contributed by atoms with Crippen molar-refractivity contribution in [3.05, 3.63) is 18.3 Å². The number of carbonyl (C=O) groups excluding carboxylic acids is 2. The largest absolute Gasteiger partial charge is 0.481 e. The number of rotatable bonds is 6. The third kappa shape index (κ3) is 5.76.